The van der Waals surface area contributed by atoms with Crippen molar-refractivity contribution in [2.24, 2.45) is 0 Å². The van der Waals surface area contributed by atoms with Gasteiger partial charge in [0.05, 0.1) is 12.4 Å². The summed E-state index contributed by atoms with van der Waals surface area (Å²) < 4.78 is 17.6. The Kier molecular flexibility index (Phi) is 4.99. The average Bonchev–Trinajstić information content (AvgIpc) is 2.81. The maximum atomic E-state index is 12.3. The molecule has 0 spiro atoms. The second-order valence-corrected chi connectivity index (χ2v) is 6.85. The quantitative estimate of drug-likeness (QED) is 0.870. The summed E-state index contributed by atoms with van der Waals surface area (Å²) in [4.78, 5) is 0. The third-order valence-electron chi connectivity index (χ3n) is 3.72. The van der Waals surface area contributed by atoms with E-state index in [0.29, 0.717) is 0 Å². The summed E-state index contributed by atoms with van der Waals surface area (Å²) in [6.45, 7) is 5.11. The standard InChI is InChI=1S/C15H23NO2S/c1-4-8-16-15-13-10-12(18-3)7-6-11(13)9-14(15)19(17)5-2/h6-7,10,14-16H,4-5,8-9H2,1-3H3. The van der Waals surface area contributed by atoms with E-state index in [2.05, 4.69) is 24.4 Å². The minimum atomic E-state index is -0.774. The van der Waals surface area contributed by atoms with E-state index in [1.54, 1.807) is 7.11 Å². The summed E-state index contributed by atoms with van der Waals surface area (Å²) >= 11 is 0. The summed E-state index contributed by atoms with van der Waals surface area (Å²) in [5.41, 5.74) is 2.57. The maximum Gasteiger partial charge on any atom is 0.119 e. The molecule has 0 heterocycles. The van der Waals surface area contributed by atoms with Crippen molar-refractivity contribution in [2.45, 2.75) is 38.0 Å². The topological polar surface area (TPSA) is 38.3 Å². The molecule has 1 aromatic rings. The molecule has 0 saturated heterocycles. The summed E-state index contributed by atoms with van der Waals surface area (Å²) in [6, 6.07) is 6.40. The molecule has 3 unspecified atom stereocenters. The number of benzene rings is 1. The number of hydrogen-bond acceptors (Lipinski definition) is 3. The SMILES string of the molecule is CCCNC1c2cc(OC)ccc2CC1S(=O)CC. The predicted molar refractivity (Wildman–Crippen MR) is 80.2 cm³/mol. The highest BCUT2D eigenvalue weighted by atomic mass is 32.2. The molecule has 1 aliphatic carbocycles. The van der Waals surface area contributed by atoms with E-state index >= 15 is 0 Å². The van der Waals surface area contributed by atoms with Crippen LogP contribution in [0.1, 0.15) is 37.4 Å². The summed E-state index contributed by atoms with van der Waals surface area (Å²) in [7, 11) is 0.913. The molecule has 3 atom stereocenters. The van der Waals surface area contributed by atoms with Crippen LogP contribution in [0.4, 0.5) is 0 Å². The van der Waals surface area contributed by atoms with Crippen molar-refractivity contribution in [1.29, 1.82) is 0 Å². The third kappa shape index (κ3) is 3.00. The lowest BCUT2D eigenvalue weighted by molar-refractivity contribution is 0.413. The summed E-state index contributed by atoms with van der Waals surface area (Å²) in [6.07, 6.45) is 1.99. The Balaban J connectivity index is 2.30. The molecule has 1 N–H and O–H groups in total. The predicted octanol–water partition coefficient (Wildman–Crippen LogP) is 2.43. The molecule has 4 heteroatoms. The number of nitrogens with one attached hydrogen (secondary N) is 1. The number of hydrogen-bond donors (Lipinski definition) is 1. The first-order valence-corrected chi connectivity index (χ1v) is 8.36. The molecule has 19 heavy (non-hydrogen) atoms. The van der Waals surface area contributed by atoms with Crippen LogP contribution in [0.25, 0.3) is 0 Å². The van der Waals surface area contributed by atoms with Gasteiger partial charge in [-0.3, -0.25) is 4.21 Å². The van der Waals surface area contributed by atoms with E-state index in [0.717, 1.165) is 30.9 Å². The number of fused-ring (bicyclic) bond motifs is 1. The van der Waals surface area contributed by atoms with Gasteiger partial charge in [-0.25, -0.2) is 0 Å². The van der Waals surface area contributed by atoms with Crippen molar-refractivity contribution in [3.8, 4) is 5.75 Å². The molecule has 0 saturated carbocycles. The smallest absolute Gasteiger partial charge is 0.119 e. The minimum Gasteiger partial charge on any atom is -0.497 e. The third-order valence-corrected chi connectivity index (χ3v) is 5.40. The van der Waals surface area contributed by atoms with E-state index in [-0.39, 0.29) is 11.3 Å². The lowest BCUT2D eigenvalue weighted by Gasteiger charge is -2.21. The number of ether oxygens (including phenoxy) is 1. The van der Waals surface area contributed by atoms with E-state index in [4.69, 9.17) is 4.74 Å². The molecule has 0 fully saturated rings. The van der Waals surface area contributed by atoms with Gasteiger partial charge in [-0.05, 0) is 42.6 Å². The fourth-order valence-corrected chi connectivity index (χ4v) is 4.05. The zero-order chi connectivity index (χ0) is 13.8. The molecule has 0 bridgehead atoms. The van der Waals surface area contributed by atoms with Gasteiger partial charge in [0.2, 0.25) is 0 Å². The Bertz CT molecular complexity index is 461. The van der Waals surface area contributed by atoms with Gasteiger partial charge < -0.3 is 10.1 Å². The van der Waals surface area contributed by atoms with Crippen molar-refractivity contribution in [2.75, 3.05) is 19.4 Å². The lowest BCUT2D eigenvalue weighted by atomic mass is 10.1. The van der Waals surface area contributed by atoms with Crippen LogP contribution in [0.15, 0.2) is 18.2 Å². The van der Waals surface area contributed by atoms with Crippen LogP contribution >= 0.6 is 0 Å². The minimum absolute atomic E-state index is 0.193. The summed E-state index contributed by atoms with van der Waals surface area (Å²) in [5.74, 6) is 1.60. The van der Waals surface area contributed by atoms with Gasteiger partial charge in [-0.2, -0.15) is 0 Å². The molecule has 2 rings (SSSR count). The highest BCUT2D eigenvalue weighted by Gasteiger charge is 2.35. The van der Waals surface area contributed by atoms with Gasteiger partial charge in [0.15, 0.2) is 0 Å². The van der Waals surface area contributed by atoms with Gasteiger partial charge in [-0.1, -0.05) is 19.9 Å². The van der Waals surface area contributed by atoms with Crippen molar-refractivity contribution >= 4 is 10.8 Å². The lowest BCUT2D eigenvalue weighted by Crippen LogP contribution is -2.33. The second kappa shape index (κ2) is 6.53. The van der Waals surface area contributed by atoms with Gasteiger partial charge in [0.1, 0.15) is 5.75 Å². The Morgan fingerprint density at radius 1 is 1.42 bits per heavy atom. The summed E-state index contributed by atoms with van der Waals surface area (Å²) in [5, 5.41) is 3.75. The van der Waals surface area contributed by atoms with E-state index in [1.165, 1.54) is 11.1 Å². The molecule has 3 nitrogen and oxygen atoms in total. The van der Waals surface area contributed by atoms with Crippen LogP contribution in [0.2, 0.25) is 0 Å². The van der Waals surface area contributed by atoms with Crippen LogP contribution in [0.3, 0.4) is 0 Å². The van der Waals surface area contributed by atoms with Crippen molar-refractivity contribution < 1.29 is 8.95 Å². The zero-order valence-electron chi connectivity index (χ0n) is 11.9. The largest absolute Gasteiger partial charge is 0.497 e. The number of methoxy groups -OCH3 is 1. The monoisotopic (exact) mass is 281 g/mol. The van der Waals surface area contributed by atoms with Gasteiger partial charge in [0, 0.05) is 22.6 Å². The molecule has 106 valence electrons. The fourth-order valence-electron chi connectivity index (χ4n) is 2.71. The van der Waals surface area contributed by atoms with E-state index in [1.807, 2.05) is 13.0 Å². The first kappa shape index (κ1) is 14.5. The Labute approximate surface area is 118 Å². The fraction of sp³-hybridized carbons (Fsp3) is 0.600. The number of rotatable bonds is 6. The molecule has 1 aliphatic rings. The molecule has 1 aromatic carbocycles. The normalized spacial score (nSPS) is 23.1. The van der Waals surface area contributed by atoms with Gasteiger partial charge >= 0.3 is 0 Å². The Hall–Kier alpha value is -0.870. The second-order valence-electron chi connectivity index (χ2n) is 4.91. The van der Waals surface area contributed by atoms with Crippen molar-refractivity contribution in [3.63, 3.8) is 0 Å². The molecule has 0 amide bonds. The Morgan fingerprint density at radius 2 is 2.21 bits per heavy atom. The maximum absolute atomic E-state index is 12.3. The molecular formula is C15H23NO2S. The van der Waals surface area contributed by atoms with Gasteiger partial charge in [0.25, 0.3) is 0 Å². The highest BCUT2D eigenvalue weighted by Crippen LogP contribution is 2.36. The highest BCUT2D eigenvalue weighted by molar-refractivity contribution is 7.85. The van der Waals surface area contributed by atoms with Crippen LogP contribution < -0.4 is 10.1 Å². The first-order chi connectivity index (χ1) is 9.21. The Morgan fingerprint density at radius 3 is 2.84 bits per heavy atom. The van der Waals surface area contributed by atoms with Crippen LogP contribution in [-0.4, -0.2) is 28.9 Å². The van der Waals surface area contributed by atoms with E-state index in [9.17, 15) is 4.21 Å². The molecule has 0 aromatic heterocycles. The van der Waals surface area contributed by atoms with Crippen LogP contribution in [-0.2, 0) is 17.2 Å². The molecule has 0 aliphatic heterocycles. The average molecular weight is 281 g/mol. The molecule has 0 radical (unpaired) electrons. The van der Waals surface area contributed by atoms with E-state index < -0.39 is 10.8 Å². The van der Waals surface area contributed by atoms with Gasteiger partial charge in [-0.15, -0.1) is 0 Å². The van der Waals surface area contributed by atoms with Crippen molar-refractivity contribution in [1.82, 2.24) is 5.32 Å². The van der Waals surface area contributed by atoms with Crippen LogP contribution in [0.5, 0.6) is 5.75 Å². The zero-order valence-corrected chi connectivity index (χ0v) is 12.8. The first-order valence-electron chi connectivity index (χ1n) is 6.98. The van der Waals surface area contributed by atoms with Crippen molar-refractivity contribution in [3.05, 3.63) is 29.3 Å². The van der Waals surface area contributed by atoms with Crippen LogP contribution in [0, 0.1) is 0 Å². The molecular weight excluding hydrogens is 258 g/mol.